The van der Waals surface area contributed by atoms with Gasteiger partial charge in [0, 0.05) is 51.7 Å². The third-order valence-corrected chi connectivity index (χ3v) is 9.55. The molecule has 0 saturated carbocycles. The van der Waals surface area contributed by atoms with Gasteiger partial charge in [0.05, 0.1) is 11.6 Å². The smallest absolute Gasteiger partial charge is 0.252 e. The first-order valence-corrected chi connectivity index (χ1v) is 13.3. The zero-order valence-electron chi connectivity index (χ0n) is 18.0. The molecule has 170 valence electrons. The Bertz CT molecular complexity index is 1050. The Morgan fingerprint density at radius 1 is 1.03 bits per heavy atom. The lowest BCUT2D eigenvalue weighted by atomic mass is 9.96. The summed E-state index contributed by atoms with van der Waals surface area (Å²) in [6, 6.07) is 13.2. The molecule has 0 aliphatic carbocycles. The Labute approximate surface area is 193 Å². The first-order chi connectivity index (χ1) is 15.5. The molecular weight excluding hydrogens is 444 g/mol. The summed E-state index contributed by atoms with van der Waals surface area (Å²) in [5.74, 6) is 0.0632. The van der Waals surface area contributed by atoms with Crippen LogP contribution in [0.3, 0.4) is 0 Å². The number of thiophene rings is 1. The van der Waals surface area contributed by atoms with Crippen LogP contribution in [-0.4, -0.2) is 67.7 Å². The lowest BCUT2D eigenvalue weighted by molar-refractivity contribution is -0.136. The van der Waals surface area contributed by atoms with E-state index in [1.54, 1.807) is 17.5 Å². The number of nitriles is 1. The van der Waals surface area contributed by atoms with Crippen molar-refractivity contribution in [1.82, 2.24) is 14.1 Å². The van der Waals surface area contributed by atoms with Crippen LogP contribution in [-0.2, 0) is 21.4 Å². The van der Waals surface area contributed by atoms with Crippen LogP contribution in [0.2, 0.25) is 0 Å². The van der Waals surface area contributed by atoms with Crippen molar-refractivity contribution in [1.29, 1.82) is 5.26 Å². The molecule has 0 N–H and O–H groups in total. The predicted octanol–water partition coefficient (Wildman–Crippen LogP) is 2.75. The predicted molar refractivity (Wildman–Crippen MR) is 123 cm³/mol. The van der Waals surface area contributed by atoms with Crippen LogP contribution in [0, 0.1) is 17.2 Å². The van der Waals surface area contributed by atoms with Crippen LogP contribution < -0.4 is 0 Å². The lowest BCUT2D eigenvalue weighted by Gasteiger charge is -2.33. The van der Waals surface area contributed by atoms with Crippen molar-refractivity contribution in [3.63, 3.8) is 0 Å². The Morgan fingerprint density at radius 2 is 1.78 bits per heavy atom. The molecule has 32 heavy (non-hydrogen) atoms. The number of carbonyl (C=O) groups excluding carboxylic acids is 1. The van der Waals surface area contributed by atoms with E-state index in [-0.39, 0.29) is 11.8 Å². The molecule has 9 heteroatoms. The Hall–Kier alpha value is -2.25. The number of nitrogens with zero attached hydrogens (tertiary/aromatic N) is 4. The quantitative estimate of drug-likeness (QED) is 0.668. The molecule has 2 fully saturated rings. The number of benzene rings is 1. The number of amides is 1. The second-order valence-corrected chi connectivity index (χ2v) is 11.5. The van der Waals surface area contributed by atoms with E-state index >= 15 is 0 Å². The number of rotatable bonds is 5. The van der Waals surface area contributed by atoms with Gasteiger partial charge in [-0.25, -0.2) is 8.42 Å². The summed E-state index contributed by atoms with van der Waals surface area (Å²) in [6.45, 7) is 4.80. The molecule has 0 unspecified atom stereocenters. The van der Waals surface area contributed by atoms with E-state index in [1.807, 2.05) is 29.2 Å². The lowest BCUT2D eigenvalue weighted by Crippen LogP contribution is -2.45. The van der Waals surface area contributed by atoms with Gasteiger partial charge in [-0.1, -0.05) is 18.2 Å². The summed E-state index contributed by atoms with van der Waals surface area (Å²) in [6.07, 6.45) is 2.08. The van der Waals surface area contributed by atoms with E-state index in [1.165, 1.54) is 21.2 Å². The fraction of sp³-hybridized carbons (Fsp3) is 0.478. The highest BCUT2D eigenvalue weighted by Crippen LogP contribution is 2.27. The summed E-state index contributed by atoms with van der Waals surface area (Å²) in [5, 5.41) is 10.7. The highest BCUT2D eigenvalue weighted by Gasteiger charge is 2.34. The largest absolute Gasteiger partial charge is 0.341 e. The summed E-state index contributed by atoms with van der Waals surface area (Å²) in [7, 11) is -3.44. The normalized spacial score (nSPS) is 19.4. The first-order valence-electron chi connectivity index (χ1n) is 11.0. The van der Waals surface area contributed by atoms with Crippen molar-refractivity contribution in [2.24, 2.45) is 5.92 Å². The molecule has 2 saturated heterocycles. The van der Waals surface area contributed by atoms with Gasteiger partial charge in [0.2, 0.25) is 5.91 Å². The van der Waals surface area contributed by atoms with Gasteiger partial charge in [0.25, 0.3) is 10.0 Å². The second-order valence-electron chi connectivity index (χ2n) is 8.37. The van der Waals surface area contributed by atoms with E-state index in [9.17, 15) is 13.2 Å². The van der Waals surface area contributed by atoms with Gasteiger partial charge in [0.1, 0.15) is 4.21 Å². The standard InChI is InChI=1S/C23H28N4O3S2/c24-17-19-4-6-20(7-5-19)18-25-10-2-11-26(15-14-25)23(28)21-8-12-27(13-9-21)32(29,30)22-3-1-16-31-22/h1,3-7,16,21H,2,8-15,18H2. The molecule has 3 heterocycles. The van der Waals surface area contributed by atoms with E-state index < -0.39 is 10.0 Å². The summed E-state index contributed by atoms with van der Waals surface area (Å²) >= 11 is 1.23. The molecule has 0 radical (unpaired) electrons. The highest BCUT2D eigenvalue weighted by molar-refractivity contribution is 7.91. The molecule has 4 rings (SSSR count). The molecule has 1 aromatic heterocycles. The van der Waals surface area contributed by atoms with Crippen LogP contribution in [0.4, 0.5) is 0 Å². The van der Waals surface area contributed by atoms with E-state index in [0.717, 1.165) is 32.6 Å². The minimum absolute atomic E-state index is 0.102. The summed E-state index contributed by atoms with van der Waals surface area (Å²) in [4.78, 5) is 17.5. The molecule has 2 aliphatic rings. The summed E-state index contributed by atoms with van der Waals surface area (Å²) in [5.41, 5.74) is 1.83. The maximum atomic E-state index is 13.1. The van der Waals surface area contributed by atoms with E-state index in [4.69, 9.17) is 5.26 Å². The van der Waals surface area contributed by atoms with E-state index in [0.29, 0.717) is 42.2 Å². The van der Waals surface area contributed by atoms with Crippen molar-refractivity contribution in [3.8, 4) is 6.07 Å². The van der Waals surface area contributed by atoms with Gasteiger partial charge in [-0.05, 0) is 48.4 Å². The van der Waals surface area contributed by atoms with Crippen LogP contribution in [0.25, 0.3) is 0 Å². The maximum Gasteiger partial charge on any atom is 0.252 e. The van der Waals surface area contributed by atoms with Crippen LogP contribution in [0.5, 0.6) is 0 Å². The number of hydrogen-bond donors (Lipinski definition) is 0. The average Bonchev–Trinajstić information content (AvgIpc) is 3.28. The minimum Gasteiger partial charge on any atom is -0.341 e. The van der Waals surface area contributed by atoms with Crippen LogP contribution in [0.15, 0.2) is 46.0 Å². The Kier molecular flexibility index (Phi) is 7.26. The highest BCUT2D eigenvalue weighted by atomic mass is 32.2. The van der Waals surface area contributed by atoms with Gasteiger partial charge in [-0.2, -0.15) is 9.57 Å². The molecule has 1 amide bonds. The fourth-order valence-corrected chi connectivity index (χ4v) is 7.05. The van der Waals surface area contributed by atoms with Gasteiger partial charge in [-0.3, -0.25) is 9.69 Å². The molecule has 2 aromatic rings. The molecule has 0 spiro atoms. The topological polar surface area (TPSA) is 84.7 Å². The number of carbonyl (C=O) groups is 1. The Balaban J connectivity index is 1.28. The molecule has 7 nitrogen and oxygen atoms in total. The molecule has 1 aromatic carbocycles. The van der Waals surface area contributed by atoms with Crippen molar-refractivity contribution in [2.75, 3.05) is 39.3 Å². The SMILES string of the molecule is N#Cc1ccc(CN2CCCN(C(=O)C3CCN(S(=O)(=O)c4cccs4)CC3)CC2)cc1. The van der Waals surface area contributed by atoms with Crippen molar-refractivity contribution < 1.29 is 13.2 Å². The van der Waals surface area contributed by atoms with Crippen LogP contribution >= 0.6 is 11.3 Å². The minimum atomic E-state index is -3.44. The molecule has 0 atom stereocenters. The maximum absolute atomic E-state index is 13.1. The van der Waals surface area contributed by atoms with E-state index in [2.05, 4.69) is 11.0 Å². The number of hydrogen-bond acceptors (Lipinski definition) is 6. The first kappa shape index (κ1) is 22.9. The zero-order chi connectivity index (χ0) is 22.6. The monoisotopic (exact) mass is 472 g/mol. The molecule has 2 aliphatic heterocycles. The van der Waals surface area contributed by atoms with Gasteiger partial charge in [-0.15, -0.1) is 11.3 Å². The average molecular weight is 473 g/mol. The Morgan fingerprint density at radius 3 is 2.44 bits per heavy atom. The third-order valence-electron chi connectivity index (χ3n) is 6.28. The number of piperidine rings is 1. The second kappa shape index (κ2) is 10.1. The van der Waals surface area contributed by atoms with Crippen LogP contribution in [0.1, 0.15) is 30.4 Å². The zero-order valence-corrected chi connectivity index (χ0v) is 19.7. The summed E-state index contributed by atoms with van der Waals surface area (Å²) < 4.78 is 27.3. The van der Waals surface area contributed by atoms with Gasteiger partial charge >= 0.3 is 0 Å². The fourth-order valence-electron chi connectivity index (χ4n) is 4.43. The van der Waals surface area contributed by atoms with Gasteiger partial charge in [0.15, 0.2) is 0 Å². The third kappa shape index (κ3) is 5.21. The molecular formula is C23H28N4O3S2. The van der Waals surface area contributed by atoms with Gasteiger partial charge < -0.3 is 4.90 Å². The number of sulfonamides is 1. The molecule has 0 bridgehead atoms. The van der Waals surface area contributed by atoms with Crippen molar-refractivity contribution in [2.45, 2.75) is 30.0 Å². The van der Waals surface area contributed by atoms with Crippen molar-refractivity contribution in [3.05, 3.63) is 52.9 Å². The van der Waals surface area contributed by atoms with Crippen molar-refractivity contribution >= 4 is 27.3 Å².